The molecule has 4 rings (SSSR count). The molecule has 1 aromatic carbocycles. The standard InChI is InChI=1S/C27H31ClF2N4O3/c1-5-17(35)15-37-23-12-18-22(34(16(2)3)26(23)36)7-6-20(25(18)29)32-21-13-24(31-14-19(21)28)33-10-8-27(4,30)9-11-33/h6-7,12-14,16H,5,8-11,15H2,1-4H3,(H,31,32). The molecule has 0 amide bonds. The summed E-state index contributed by atoms with van der Waals surface area (Å²) in [6.07, 6.45) is 2.54. The lowest BCUT2D eigenvalue weighted by Gasteiger charge is -2.35. The summed E-state index contributed by atoms with van der Waals surface area (Å²) in [5.74, 6) is -0.236. The number of hydrogen-bond acceptors (Lipinski definition) is 6. The topological polar surface area (TPSA) is 76.5 Å². The fraction of sp³-hybridized carbons (Fsp3) is 0.444. The molecule has 7 nitrogen and oxygen atoms in total. The number of nitrogens with zero attached hydrogens (tertiary/aromatic N) is 3. The third-order valence-corrected chi connectivity index (χ3v) is 6.96. The van der Waals surface area contributed by atoms with Crippen LogP contribution >= 0.6 is 11.6 Å². The van der Waals surface area contributed by atoms with Crippen molar-refractivity contribution in [2.75, 3.05) is 29.9 Å². The Balaban J connectivity index is 1.70. The number of aromatic nitrogens is 2. The molecule has 198 valence electrons. The number of piperidine rings is 1. The Morgan fingerprint density at radius 3 is 2.59 bits per heavy atom. The van der Waals surface area contributed by atoms with Crippen LogP contribution in [0.2, 0.25) is 5.02 Å². The number of benzene rings is 1. The highest BCUT2D eigenvalue weighted by atomic mass is 35.5. The highest BCUT2D eigenvalue weighted by molar-refractivity contribution is 6.33. The van der Waals surface area contributed by atoms with Gasteiger partial charge in [0.2, 0.25) is 0 Å². The summed E-state index contributed by atoms with van der Waals surface area (Å²) in [5.41, 5.74) is -0.631. The van der Waals surface area contributed by atoms with Crippen LogP contribution in [0.3, 0.4) is 0 Å². The van der Waals surface area contributed by atoms with E-state index in [2.05, 4.69) is 10.3 Å². The minimum absolute atomic E-state index is 0.0896. The maximum Gasteiger partial charge on any atom is 0.293 e. The van der Waals surface area contributed by atoms with Crippen LogP contribution < -0.4 is 20.5 Å². The average molecular weight is 533 g/mol. The number of rotatable bonds is 8. The molecule has 0 unspecified atom stereocenters. The monoisotopic (exact) mass is 532 g/mol. The minimum Gasteiger partial charge on any atom is -0.480 e. The van der Waals surface area contributed by atoms with E-state index in [1.807, 2.05) is 18.7 Å². The predicted octanol–water partition coefficient (Wildman–Crippen LogP) is 6.20. The molecule has 1 aliphatic rings. The van der Waals surface area contributed by atoms with Crippen molar-refractivity contribution >= 4 is 45.5 Å². The zero-order valence-electron chi connectivity index (χ0n) is 21.4. The van der Waals surface area contributed by atoms with Gasteiger partial charge in [0, 0.05) is 37.0 Å². The first-order valence-corrected chi connectivity index (χ1v) is 12.8. The molecule has 0 bridgehead atoms. The van der Waals surface area contributed by atoms with Gasteiger partial charge in [-0.15, -0.1) is 0 Å². The summed E-state index contributed by atoms with van der Waals surface area (Å²) in [6, 6.07) is 5.98. The first-order chi connectivity index (χ1) is 17.5. The number of Topliss-reactive ketones (excluding diaryl/α,β-unsaturated/α-hetero) is 1. The molecule has 10 heteroatoms. The quantitative estimate of drug-likeness (QED) is 0.372. The molecule has 0 spiro atoms. The SMILES string of the molecule is CCC(=O)COc1cc2c(F)c(Nc3cc(N4CCC(C)(F)CC4)ncc3Cl)ccc2n(C(C)C)c1=O. The van der Waals surface area contributed by atoms with Gasteiger partial charge in [-0.05, 0) is 51.8 Å². The van der Waals surface area contributed by atoms with Crippen LogP contribution in [-0.2, 0) is 4.79 Å². The number of halogens is 3. The van der Waals surface area contributed by atoms with Crippen LogP contribution in [0.1, 0.15) is 53.0 Å². The van der Waals surface area contributed by atoms with Crippen molar-refractivity contribution in [1.29, 1.82) is 0 Å². The smallest absolute Gasteiger partial charge is 0.293 e. The summed E-state index contributed by atoms with van der Waals surface area (Å²) in [5, 5.41) is 3.50. The van der Waals surface area contributed by atoms with E-state index in [9.17, 15) is 14.0 Å². The van der Waals surface area contributed by atoms with Crippen molar-refractivity contribution < 1.29 is 18.3 Å². The van der Waals surface area contributed by atoms with E-state index in [1.165, 1.54) is 16.8 Å². The first-order valence-electron chi connectivity index (χ1n) is 12.4. The molecule has 0 aliphatic carbocycles. The first kappa shape index (κ1) is 26.9. The number of alkyl halides is 1. The highest BCUT2D eigenvalue weighted by Gasteiger charge is 2.30. The van der Waals surface area contributed by atoms with Crippen molar-refractivity contribution in [2.24, 2.45) is 0 Å². The highest BCUT2D eigenvalue weighted by Crippen LogP contribution is 2.34. The Bertz CT molecular complexity index is 1380. The van der Waals surface area contributed by atoms with Gasteiger partial charge in [0.05, 0.1) is 28.1 Å². The summed E-state index contributed by atoms with van der Waals surface area (Å²) in [4.78, 5) is 31.1. The zero-order chi connectivity index (χ0) is 26.9. The molecule has 0 saturated carbocycles. The molecule has 3 aromatic rings. The van der Waals surface area contributed by atoms with E-state index in [4.69, 9.17) is 16.3 Å². The molecule has 1 N–H and O–H groups in total. The predicted molar refractivity (Wildman–Crippen MR) is 143 cm³/mol. The third kappa shape index (κ3) is 5.71. The maximum absolute atomic E-state index is 15.8. The van der Waals surface area contributed by atoms with Crippen LogP contribution in [0.5, 0.6) is 5.75 Å². The van der Waals surface area contributed by atoms with Crippen molar-refractivity contribution in [3.8, 4) is 5.75 Å². The zero-order valence-corrected chi connectivity index (χ0v) is 22.2. The molecular formula is C27H31ClF2N4O3. The van der Waals surface area contributed by atoms with Crippen molar-refractivity contribution in [3.05, 3.63) is 51.7 Å². The van der Waals surface area contributed by atoms with Crippen molar-refractivity contribution in [1.82, 2.24) is 9.55 Å². The normalized spacial score (nSPS) is 15.3. The van der Waals surface area contributed by atoms with Crippen LogP contribution in [0.4, 0.5) is 26.0 Å². The van der Waals surface area contributed by atoms with Crippen molar-refractivity contribution in [2.45, 2.75) is 58.7 Å². The molecule has 37 heavy (non-hydrogen) atoms. The Morgan fingerprint density at radius 2 is 1.95 bits per heavy atom. The van der Waals surface area contributed by atoms with Gasteiger partial charge in [0.15, 0.2) is 17.3 Å². The number of nitrogens with one attached hydrogen (secondary N) is 1. The number of carbonyl (C=O) groups excluding carboxylic acids is 1. The Hall–Kier alpha value is -3.20. The van der Waals surface area contributed by atoms with Gasteiger partial charge in [0.1, 0.15) is 18.1 Å². The number of ketones is 1. The summed E-state index contributed by atoms with van der Waals surface area (Å²) in [7, 11) is 0. The van der Waals surface area contributed by atoms with E-state index >= 15 is 4.39 Å². The fourth-order valence-corrected chi connectivity index (χ4v) is 4.52. The van der Waals surface area contributed by atoms with Crippen LogP contribution in [-0.4, -0.2) is 40.7 Å². The Kier molecular flexibility index (Phi) is 7.73. The number of fused-ring (bicyclic) bond motifs is 1. The number of pyridine rings is 2. The van der Waals surface area contributed by atoms with Gasteiger partial charge >= 0.3 is 0 Å². The largest absolute Gasteiger partial charge is 0.480 e. The molecular weight excluding hydrogens is 502 g/mol. The number of hydrogen-bond donors (Lipinski definition) is 1. The van der Waals surface area contributed by atoms with E-state index in [-0.39, 0.29) is 41.7 Å². The van der Waals surface area contributed by atoms with Gasteiger partial charge in [-0.25, -0.2) is 13.8 Å². The summed E-state index contributed by atoms with van der Waals surface area (Å²) >= 11 is 6.37. The van der Waals surface area contributed by atoms with Crippen LogP contribution in [0, 0.1) is 5.82 Å². The van der Waals surface area contributed by atoms with E-state index < -0.39 is 17.0 Å². The molecule has 2 aromatic heterocycles. The van der Waals surface area contributed by atoms with Gasteiger partial charge < -0.3 is 19.5 Å². The minimum atomic E-state index is -1.19. The van der Waals surface area contributed by atoms with E-state index in [0.29, 0.717) is 48.0 Å². The average Bonchev–Trinajstić information content (AvgIpc) is 2.85. The lowest BCUT2D eigenvalue weighted by atomic mass is 9.96. The molecule has 0 radical (unpaired) electrons. The van der Waals surface area contributed by atoms with Crippen LogP contribution in [0.25, 0.3) is 10.9 Å². The van der Waals surface area contributed by atoms with Gasteiger partial charge in [0.25, 0.3) is 5.56 Å². The Morgan fingerprint density at radius 1 is 1.24 bits per heavy atom. The van der Waals surface area contributed by atoms with Crippen molar-refractivity contribution in [3.63, 3.8) is 0 Å². The summed E-state index contributed by atoms with van der Waals surface area (Å²) < 4.78 is 37.0. The second kappa shape index (κ2) is 10.7. The second-order valence-electron chi connectivity index (χ2n) is 9.87. The molecule has 1 saturated heterocycles. The van der Waals surface area contributed by atoms with E-state index in [0.717, 1.165) is 0 Å². The lowest BCUT2D eigenvalue weighted by molar-refractivity contribution is -0.120. The third-order valence-electron chi connectivity index (χ3n) is 6.66. The fourth-order valence-electron chi connectivity index (χ4n) is 4.37. The molecule has 1 fully saturated rings. The summed E-state index contributed by atoms with van der Waals surface area (Å²) in [6.45, 7) is 7.71. The van der Waals surface area contributed by atoms with Gasteiger partial charge in [-0.2, -0.15) is 0 Å². The molecule has 1 aliphatic heterocycles. The maximum atomic E-state index is 15.8. The molecule has 3 heterocycles. The lowest BCUT2D eigenvalue weighted by Crippen LogP contribution is -2.40. The molecule has 0 atom stereocenters. The number of ether oxygens (including phenoxy) is 1. The second-order valence-corrected chi connectivity index (χ2v) is 10.3. The Labute approximate surface area is 219 Å². The van der Waals surface area contributed by atoms with Gasteiger partial charge in [-0.1, -0.05) is 18.5 Å². The van der Waals surface area contributed by atoms with Gasteiger partial charge in [-0.3, -0.25) is 9.59 Å². The van der Waals surface area contributed by atoms with Crippen LogP contribution in [0.15, 0.2) is 35.3 Å². The number of anilines is 3. The van der Waals surface area contributed by atoms with E-state index in [1.54, 1.807) is 32.0 Å². The number of carbonyl (C=O) groups is 1.